The van der Waals surface area contributed by atoms with Gasteiger partial charge in [0.15, 0.2) is 5.96 Å². The van der Waals surface area contributed by atoms with Gasteiger partial charge in [0.25, 0.3) is 0 Å². The molecular formula is C20H26N6S. The molecule has 0 saturated heterocycles. The van der Waals surface area contributed by atoms with Crippen LogP contribution in [0.5, 0.6) is 0 Å². The summed E-state index contributed by atoms with van der Waals surface area (Å²) in [5, 5.41) is 12.2. The number of guanidine groups is 1. The van der Waals surface area contributed by atoms with E-state index >= 15 is 0 Å². The van der Waals surface area contributed by atoms with E-state index in [1.165, 1.54) is 16.0 Å². The Kier molecular flexibility index (Phi) is 6.59. The van der Waals surface area contributed by atoms with Gasteiger partial charge in [0, 0.05) is 43.8 Å². The molecule has 0 spiro atoms. The van der Waals surface area contributed by atoms with E-state index in [4.69, 9.17) is 0 Å². The molecule has 2 aromatic heterocycles. The summed E-state index contributed by atoms with van der Waals surface area (Å²) in [5.41, 5.74) is 3.62. The Morgan fingerprint density at radius 2 is 1.96 bits per heavy atom. The fourth-order valence-electron chi connectivity index (χ4n) is 2.79. The summed E-state index contributed by atoms with van der Waals surface area (Å²) >= 11 is 1.77. The second-order valence-corrected chi connectivity index (χ2v) is 7.61. The molecule has 0 atom stereocenters. The molecule has 0 aliphatic heterocycles. The van der Waals surface area contributed by atoms with Crippen LogP contribution in [0, 0.1) is 13.8 Å². The van der Waals surface area contributed by atoms with Crippen molar-refractivity contribution in [1.82, 2.24) is 25.4 Å². The maximum absolute atomic E-state index is 4.58. The van der Waals surface area contributed by atoms with Gasteiger partial charge in [0.1, 0.15) is 0 Å². The van der Waals surface area contributed by atoms with E-state index in [0.29, 0.717) is 6.54 Å². The third kappa shape index (κ3) is 5.40. The predicted molar refractivity (Wildman–Crippen MR) is 111 cm³/mol. The lowest BCUT2D eigenvalue weighted by atomic mass is 10.1. The van der Waals surface area contributed by atoms with Gasteiger partial charge in [0.05, 0.1) is 17.2 Å². The van der Waals surface area contributed by atoms with Gasteiger partial charge in [-0.2, -0.15) is 5.10 Å². The highest BCUT2D eigenvalue weighted by molar-refractivity contribution is 7.11. The number of aryl methyl sites for hydroxylation is 2. The first-order valence-electron chi connectivity index (χ1n) is 9.07. The normalized spacial score (nSPS) is 11.6. The van der Waals surface area contributed by atoms with E-state index in [1.807, 2.05) is 16.9 Å². The molecular weight excluding hydrogens is 356 g/mol. The van der Waals surface area contributed by atoms with Crippen LogP contribution in [0.4, 0.5) is 0 Å². The van der Waals surface area contributed by atoms with E-state index in [2.05, 4.69) is 63.8 Å². The summed E-state index contributed by atoms with van der Waals surface area (Å²) in [5.74, 6) is 0.800. The zero-order chi connectivity index (χ0) is 19.1. The Morgan fingerprint density at radius 1 is 1.15 bits per heavy atom. The van der Waals surface area contributed by atoms with Gasteiger partial charge < -0.3 is 10.6 Å². The average Bonchev–Trinajstić information content (AvgIpc) is 3.29. The number of hydrogen-bond acceptors (Lipinski definition) is 4. The molecule has 2 N–H and O–H groups in total. The number of benzene rings is 1. The minimum Gasteiger partial charge on any atom is -0.356 e. The quantitative estimate of drug-likeness (QED) is 0.487. The molecule has 0 aliphatic rings. The molecule has 0 fully saturated rings. The summed E-state index contributed by atoms with van der Waals surface area (Å²) < 4.78 is 1.93. The van der Waals surface area contributed by atoms with Gasteiger partial charge >= 0.3 is 0 Å². The molecule has 1 aromatic carbocycles. The maximum Gasteiger partial charge on any atom is 0.191 e. The topological polar surface area (TPSA) is 67.1 Å². The van der Waals surface area contributed by atoms with Crippen molar-refractivity contribution in [3.05, 3.63) is 69.4 Å². The molecule has 6 nitrogen and oxygen atoms in total. The van der Waals surface area contributed by atoms with E-state index in [1.54, 1.807) is 24.6 Å². The van der Waals surface area contributed by atoms with E-state index in [-0.39, 0.29) is 0 Å². The Morgan fingerprint density at radius 3 is 2.63 bits per heavy atom. The highest BCUT2D eigenvalue weighted by Gasteiger charge is 2.06. The molecule has 0 aliphatic carbocycles. The number of aliphatic imine (C=N–C) groups is 1. The Balaban J connectivity index is 1.52. The molecule has 0 saturated carbocycles. The van der Waals surface area contributed by atoms with Crippen LogP contribution in [-0.4, -0.2) is 34.3 Å². The SMILES string of the molecule is CN=C(NCCc1nc(C)c(C)s1)NCc1ccccc1Cn1cccn1. The van der Waals surface area contributed by atoms with Crippen LogP contribution in [0.15, 0.2) is 47.7 Å². The summed E-state index contributed by atoms with van der Waals surface area (Å²) in [4.78, 5) is 10.2. The standard InChI is InChI=1S/C20H26N6S/c1-15-16(2)27-19(25-15)9-11-22-20(21-3)23-13-17-7-4-5-8-18(17)14-26-12-6-10-24-26/h4-8,10,12H,9,11,13-14H2,1-3H3,(H2,21,22,23). The lowest BCUT2D eigenvalue weighted by molar-refractivity contribution is 0.677. The average molecular weight is 383 g/mol. The highest BCUT2D eigenvalue weighted by Crippen LogP contribution is 2.16. The van der Waals surface area contributed by atoms with Crippen LogP contribution in [0.2, 0.25) is 0 Å². The number of nitrogens with zero attached hydrogens (tertiary/aromatic N) is 4. The molecule has 3 aromatic rings. The molecule has 0 bridgehead atoms. The summed E-state index contributed by atoms with van der Waals surface area (Å²) in [7, 11) is 1.79. The molecule has 0 amide bonds. The largest absolute Gasteiger partial charge is 0.356 e. The second kappa shape index (κ2) is 9.32. The first-order chi connectivity index (χ1) is 13.2. The summed E-state index contributed by atoms with van der Waals surface area (Å²) in [6.07, 6.45) is 4.68. The van der Waals surface area contributed by atoms with Crippen molar-refractivity contribution < 1.29 is 0 Å². The third-order valence-electron chi connectivity index (χ3n) is 4.38. The van der Waals surface area contributed by atoms with Crippen LogP contribution in [0.1, 0.15) is 26.7 Å². The predicted octanol–water partition coefficient (Wildman–Crippen LogP) is 2.91. The number of thiazole rings is 1. The van der Waals surface area contributed by atoms with E-state index < -0.39 is 0 Å². The minimum atomic E-state index is 0.715. The van der Waals surface area contributed by atoms with Crippen LogP contribution in [0.25, 0.3) is 0 Å². The smallest absolute Gasteiger partial charge is 0.191 e. The molecule has 0 unspecified atom stereocenters. The van der Waals surface area contributed by atoms with Crippen LogP contribution in [-0.2, 0) is 19.5 Å². The molecule has 27 heavy (non-hydrogen) atoms. The molecule has 142 valence electrons. The molecule has 7 heteroatoms. The summed E-state index contributed by atoms with van der Waals surface area (Å²) in [6, 6.07) is 10.3. The number of nitrogens with one attached hydrogen (secondary N) is 2. The number of hydrogen-bond donors (Lipinski definition) is 2. The lowest BCUT2D eigenvalue weighted by Gasteiger charge is -2.14. The highest BCUT2D eigenvalue weighted by atomic mass is 32.1. The van der Waals surface area contributed by atoms with Crippen molar-refractivity contribution in [3.63, 3.8) is 0 Å². The zero-order valence-corrected chi connectivity index (χ0v) is 16.9. The van der Waals surface area contributed by atoms with Crippen molar-refractivity contribution in [3.8, 4) is 0 Å². The van der Waals surface area contributed by atoms with Crippen molar-refractivity contribution >= 4 is 17.3 Å². The van der Waals surface area contributed by atoms with Gasteiger partial charge in [-0.1, -0.05) is 24.3 Å². The monoisotopic (exact) mass is 382 g/mol. The van der Waals surface area contributed by atoms with Gasteiger partial charge in [-0.05, 0) is 31.0 Å². The Labute approximate surface area is 164 Å². The Bertz CT molecular complexity index is 862. The van der Waals surface area contributed by atoms with Crippen molar-refractivity contribution in [1.29, 1.82) is 0 Å². The van der Waals surface area contributed by atoms with Gasteiger partial charge in [-0.15, -0.1) is 11.3 Å². The number of aromatic nitrogens is 3. The molecule has 3 rings (SSSR count). The van der Waals surface area contributed by atoms with Gasteiger partial charge in [-0.3, -0.25) is 9.67 Å². The zero-order valence-electron chi connectivity index (χ0n) is 16.1. The van der Waals surface area contributed by atoms with Crippen LogP contribution >= 0.6 is 11.3 Å². The fourth-order valence-corrected chi connectivity index (χ4v) is 3.72. The first kappa shape index (κ1) is 19.1. The third-order valence-corrected chi connectivity index (χ3v) is 5.52. The van der Waals surface area contributed by atoms with Gasteiger partial charge in [-0.25, -0.2) is 4.98 Å². The fraction of sp³-hybridized carbons (Fsp3) is 0.350. The Hall–Kier alpha value is -2.67. The first-order valence-corrected chi connectivity index (χ1v) is 9.89. The minimum absolute atomic E-state index is 0.715. The van der Waals surface area contributed by atoms with Crippen molar-refractivity contribution in [2.75, 3.05) is 13.6 Å². The molecule has 2 heterocycles. The molecule has 0 radical (unpaired) electrons. The van der Waals surface area contributed by atoms with E-state index in [0.717, 1.165) is 36.2 Å². The summed E-state index contributed by atoms with van der Waals surface area (Å²) in [6.45, 7) is 6.46. The maximum atomic E-state index is 4.58. The van der Waals surface area contributed by atoms with Crippen molar-refractivity contribution in [2.45, 2.75) is 33.4 Å². The second-order valence-electron chi connectivity index (χ2n) is 6.32. The number of rotatable bonds is 7. The van der Waals surface area contributed by atoms with Gasteiger partial charge in [0.2, 0.25) is 0 Å². The van der Waals surface area contributed by atoms with Crippen LogP contribution < -0.4 is 10.6 Å². The lowest BCUT2D eigenvalue weighted by Crippen LogP contribution is -2.38. The van der Waals surface area contributed by atoms with E-state index in [9.17, 15) is 0 Å². The van der Waals surface area contributed by atoms with Crippen LogP contribution in [0.3, 0.4) is 0 Å². The van der Waals surface area contributed by atoms with Crippen molar-refractivity contribution in [2.24, 2.45) is 4.99 Å².